The molecule has 0 radical (unpaired) electrons. The number of phenolic OH excluding ortho intramolecular Hbond substituents is 1. The Bertz CT molecular complexity index is 1190. The number of fused-ring (bicyclic) bond motifs is 5. The van der Waals surface area contributed by atoms with Crippen LogP contribution in [0.15, 0.2) is 60.7 Å². The van der Waals surface area contributed by atoms with E-state index in [1.807, 2.05) is 12.1 Å². The van der Waals surface area contributed by atoms with Crippen molar-refractivity contribution in [3.8, 4) is 28.4 Å². The molecular weight excluding hydrogens is 386 g/mol. The molecule has 2 N–H and O–H groups in total. The normalized spacial score (nSPS) is 17.9. The molecule has 0 fully saturated rings. The molecule has 1 atom stereocenters. The maximum Gasteiger partial charge on any atom is 0.172 e. The van der Waals surface area contributed by atoms with Crippen LogP contribution in [0.5, 0.6) is 17.2 Å². The first-order chi connectivity index (χ1) is 14.9. The summed E-state index contributed by atoms with van der Waals surface area (Å²) in [5.74, 6) is 1.29. The maximum atomic E-state index is 10.4. The summed E-state index contributed by atoms with van der Waals surface area (Å²) in [6, 6.07) is 18.1. The predicted molar refractivity (Wildman–Crippen MR) is 125 cm³/mol. The first-order valence-corrected chi connectivity index (χ1v) is 10.6. The van der Waals surface area contributed by atoms with Gasteiger partial charge in [0.1, 0.15) is 11.9 Å². The highest BCUT2D eigenvalue weighted by Crippen LogP contribution is 2.54. The van der Waals surface area contributed by atoms with Gasteiger partial charge in [-0.1, -0.05) is 42.5 Å². The SMILES string of the molecule is COc1c(O)ccc2c1-c1ccc3c(c1C(Cc1ccccc1)O2)C(C)=CC(C)(C)N3. The van der Waals surface area contributed by atoms with Gasteiger partial charge < -0.3 is 19.9 Å². The molecule has 0 aliphatic carbocycles. The highest BCUT2D eigenvalue weighted by atomic mass is 16.5. The lowest BCUT2D eigenvalue weighted by atomic mass is 9.80. The fourth-order valence-corrected chi connectivity index (χ4v) is 5.00. The zero-order chi connectivity index (χ0) is 21.8. The van der Waals surface area contributed by atoms with Gasteiger partial charge in [-0.2, -0.15) is 0 Å². The van der Waals surface area contributed by atoms with Crippen molar-refractivity contribution in [2.75, 3.05) is 12.4 Å². The molecule has 5 rings (SSSR count). The maximum absolute atomic E-state index is 10.4. The standard InChI is InChI=1S/C27H27NO3/c1-16-15-27(2,3)28-19-11-10-18-24(23(16)19)22(14-17-8-6-5-7-9-17)31-21-13-12-20(29)26(30-4)25(18)21/h5-13,15,22,28-29H,14H2,1-4H3. The van der Waals surface area contributed by atoms with Crippen LogP contribution in [0.2, 0.25) is 0 Å². The molecule has 4 nitrogen and oxygen atoms in total. The Hall–Kier alpha value is -3.40. The molecule has 0 aromatic heterocycles. The van der Waals surface area contributed by atoms with E-state index in [4.69, 9.17) is 9.47 Å². The Morgan fingerprint density at radius 3 is 2.55 bits per heavy atom. The molecule has 3 aromatic carbocycles. The summed E-state index contributed by atoms with van der Waals surface area (Å²) >= 11 is 0. The van der Waals surface area contributed by atoms with E-state index in [1.54, 1.807) is 13.2 Å². The first-order valence-electron chi connectivity index (χ1n) is 10.6. The summed E-state index contributed by atoms with van der Waals surface area (Å²) in [7, 11) is 1.58. The van der Waals surface area contributed by atoms with Crippen molar-refractivity contribution in [1.29, 1.82) is 0 Å². The lowest BCUT2D eigenvalue weighted by Crippen LogP contribution is -2.32. The number of anilines is 1. The number of benzene rings is 3. The van der Waals surface area contributed by atoms with E-state index in [-0.39, 0.29) is 17.4 Å². The largest absolute Gasteiger partial charge is 0.504 e. The van der Waals surface area contributed by atoms with Gasteiger partial charge in [0.25, 0.3) is 0 Å². The van der Waals surface area contributed by atoms with Crippen molar-refractivity contribution in [2.24, 2.45) is 0 Å². The number of phenols is 1. The van der Waals surface area contributed by atoms with E-state index in [9.17, 15) is 5.11 Å². The number of ether oxygens (including phenoxy) is 2. The summed E-state index contributed by atoms with van der Waals surface area (Å²) in [6.07, 6.45) is 2.87. The van der Waals surface area contributed by atoms with Gasteiger partial charge in [0, 0.05) is 23.2 Å². The molecular formula is C27H27NO3. The lowest BCUT2D eigenvalue weighted by molar-refractivity contribution is 0.201. The number of allylic oxidation sites excluding steroid dienone is 1. The van der Waals surface area contributed by atoms with Gasteiger partial charge in [-0.05, 0) is 55.7 Å². The van der Waals surface area contributed by atoms with Crippen LogP contribution < -0.4 is 14.8 Å². The second-order valence-electron chi connectivity index (χ2n) is 8.91. The van der Waals surface area contributed by atoms with Gasteiger partial charge in [0.15, 0.2) is 11.5 Å². The molecule has 0 spiro atoms. The molecule has 4 heteroatoms. The zero-order valence-electron chi connectivity index (χ0n) is 18.3. The monoisotopic (exact) mass is 413 g/mol. The molecule has 0 saturated heterocycles. The van der Waals surface area contributed by atoms with Crippen LogP contribution in [0.3, 0.4) is 0 Å². The summed E-state index contributed by atoms with van der Waals surface area (Å²) in [4.78, 5) is 0. The number of hydrogen-bond donors (Lipinski definition) is 2. The fraction of sp³-hybridized carbons (Fsp3) is 0.259. The van der Waals surface area contributed by atoms with Crippen molar-refractivity contribution >= 4 is 11.3 Å². The van der Waals surface area contributed by atoms with Crippen LogP contribution in [0.1, 0.15) is 43.6 Å². The highest BCUT2D eigenvalue weighted by molar-refractivity contribution is 5.92. The highest BCUT2D eigenvalue weighted by Gasteiger charge is 2.35. The molecule has 2 heterocycles. The van der Waals surface area contributed by atoms with E-state index in [0.717, 1.165) is 34.5 Å². The summed E-state index contributed by atoms with van der Waals surface area (Å²) in [6.45, 7) is 6.51. The Balaban J connectivity index is 1.77. The molecule has 2 aliphatic rings. The zero-order valence-corrected chi connectivity index (χ0v) is 18.3. The number of methoxy groups -OCH3 is 1. The van der Waals surface area contributed by atoms with Crippen LogP contribution in [0.25, 0.3) is 16.7 Å². The average molecular weight is 414 g/mol. The summed E-state index contributed by atoms with van der Waals surface area (Å²) < 4.78 is 12.2. The Kier molecular flexibility index (Phi) is 4.47. The van der Waals surface area contributed by atoms with Crippen molar-refractivity contribution in [3.05, 3.63) is 77.4 Å². The van der Waals surface area contributed by atoms with Gasteiger partial charge in [0.2, 0.25) is 0 Å². The summed E-state index contributed by atoms with van der Waals surface area (Å²) in [5.41, 5.74) is 7.58. The fourth-order valence-electron chi connectivity index (χ4n) is 5.00. The van der Waals surface area contributed by atoms with E-state index in [0.29, 0.717) is 5.75 Å². The van der Waals surface area contributed by atoms with Gasteiger partial charge in [-0.25, -0.2) is 0 Å². The predicted octanol–water partition coefficient (Wildman–Crippen LogP) is 6.35. The minimum Gasteiger partial charge on any atom is -0.504 e. The molecule has 0 amide bonds. The van der Waals surface area contributed by atoms with Crippen molar-refractivity contribution < 1.29 is 14.6 Å². The molecule has 31 heavy (non-hydrogen) atoms. The van der Waals surface area contributed by atoms with Crippen molar-refractivity contribution in [1.82, 2.24) is 0 Å². The number of nitrogens with one attached hydrogen (secondary N) is 1. The minimum atomic E-state index is -0.152. The van der Waals surface area contributed by atoms with E-state index < -0.39 is 0 Å². The third-order valence-electron chi connectivity index (χ3n) is 6.10. The second kappa shape index (κ2) is 7.09. The van der Waals surface area contributed by atoms with Crippen LogP contribution in [-0.4, -0.2) is 17.8 Å². The molecule has 0 bridgehead atoms. The second-order valence-corrected chi connectivity index (χ2v) is 8.91. The Labute approximate surface area is 183 Å². The van der Waals surface area contributed by atoms with Crippen molar-refractivity contribution in [2.45, 2.75) is 38.8 Å². The Morgan fingerprint density at radius 1 is 1.03 bits per heavy atom. The Morgan fingerprint density at radius 2 is 1.81 bits per heavy atom. The molecule has 3 aromatic rings. The van der Waals surface area contributed by atoms with Crippen LogP contribution in [-0.2, 0) is 6.42 Å². The van der Waals surface area contributed by atoms with Crippen LogP contribution >= 0.6 is 0 Å². The molecule has 0 saturated carbocycles. The average Bonchev–Trinajstić information content (AvgIpc) is 2.73. The van der Waals surface area contributed by atoms with Gasteiger partial charge in [0.05, 0.1) is 18.2 Å². The smallest absolute Gasteiger partial charge is 0.172 e. The van der Waals surface area contributed by atoms with Gasteiger partial charge >= 0.3 is 0 Å². The molecule has 2 aliphatic heterocycles. The third kappa shape index (κ3) is 3.23. The quantitative estimate of drug-likeness (QED) is 0.525. The minimum absolute atomic E-state index is 0.113. The third-order valence-corrected chi connectivity index (χ3v) is 6.10. The van der Waals surface area contributed by atoms with E-state index in [1.165, 1.54) is 16.7 Å². The van der Waals surface area contributed by atoms with Gasteiger partial charge in [-0.3, -0.25) is 0 Å². The first kappa shape index (κ1) is 19.6. The van der Waals surface area contributed by atoms with Crippen LogP contribution in [0.4, 0.5) is 5.69 Å². The number of aromatic hydroxyl groups is 1. The lowest BCUT2D eigenvalue weighted by Gasteiger charge is -2.37. The van der Waals surface area contributed by atoms with Crippen LogP contribution in [0, 0.1) is 0 Å². The number of hydrogen-bond acceptors (Lipinski definition) is 4. The van der Waals surface area contributed by atoms with E-state index in [2.05, 4.69) is 68.6 Å². The molecule has 1 unspecified atom stereocenters. The number of rotatable bonds is 3. The summed E-state index contributed by atoms with van der Waals surface area (Å²) in [5, 5.41) is 14.1. The molecule has 158 valence electrons. The van der Waals surface area contributed by atoms with E-state index >= 15 is 0 Å². The van der Waals surface area contributed by atoms with Crippen molar-refractivity contribution in [3.63, 3.8) is 0 Å². The topological polar surface area (TPSA) is 50.7 Å². The van der Waals surface area contributed by atoms with Gasteiger partial charge in [-0.15, -0.1) is 0 Å².